The van der Waals surface area contributed by atoms with Crippen molar-refractivity contribution in [2.24, 2.45) is 0 Å². The summed E-state index contributed by atoms with van der Waals surface area (Å²) in [6.07, 6.45) is -8.74. The van der Waals surface area contributed by atoms with Gasteiger partial charge in [-0.05, 0) is 74.3 Å². The lowest BCUT2D eigenvalue weighted by Crippen LogP contribution is -2.49. The van der Waals surface area contributed by atoms with Crippen LogP contribution in [-0.4, -0.2) is 94.4 Å². The SMILES string of the molecule is FC(F)(F)c1ccc(Br)c(N2CCNCC2)c1.O=C(c1cc([N+](=O)[O-])ccc1N1CCOCC1)N1CCN(c2cc(C(F)(F)F)ccc2Br)CC1. The number of benzene rings is 3. The van der Waals surface area contributed by atoms with Gasteiger partial charge < -0.3 is 29.7 Å². The van der Waals surface area contributed by atoms with Gasteiger partial charge >= 0.3 is 12.4 Å². The fourth-order valence-corrected chi connectivity index (χ4v) is 6.97. The summed E-state index contributed by atoms with van der Waals surface area (Å²) in [7, 11) is 0. The molecule has 3 heterocycles. The second kappa shape index (κ2) is 16.4. The molecule has 0 spiro atoms. The average Bonchev–Trinajstić information content (AvgIpc) is 3.11. The number of morpholine rings is 1. The third kappa shape index (κ3) is 9.64. The molecule has 3 aromatic carbocycles. The standard InChI is InChI=1S/C22H22BrF3N4O4.C11H12BrF3N2/c23-18-3-1-15(22(24,25)26)13-20(18)27-5-7-29(8-6-27)21(31)17-14-16(30(32)33)2-4-19(17)28-9-11-34-12-10-28;12-9-2-1-8(11(13,14)15)7-10(9)17-5-3-16-4-6-17/h1-4,13-14H,5-12H2;1-2,7,16H,3-6H2. The van der Waals surface area contributed by atoms with Crippen LogP contribution in [0.4, 0.5) is 49.1 Å². The van der Waals surface area contributed by atoms with Crippen LogP contribution in [-0.2, 0) is 17.1 Å². The quantitative estimate of drug-likeness (QED) is 0.166. The van der Waals surface area contributed by atoms with Crippen molar-refractivity contribution in [3.8, 4) is 0 Å². The van der Waals surface area contributed by atoms with Gasteiger partial charge in [0.25, 0.3) is 11.6 Å². The maximum atomic E-state index is 13.4. The number of amides is 1. The Balaban J connectivity index is 0.000000248. The zero-order valence-corrected chi connectivity index (χ0v) is 30.2. The second-order valence-electron chi connectivity index (χ2n) is 11.9. The van der Waals surface area contributed by atoms with E-state index in [1.807, 2.05) is 9.80 Å². The van der Waals surface area contributed by atoms with E-state index in [1.54, 1.807) is 15.9 Å². The van der Waals surface area contributed by atoms with Crippen molar-refractivity contribution in [3.63, 3.8) is 0 Å². The Labute approximate surface area is 306 Å². The van der Waals surface area contributed by atoms with Gasteiger partial charge in [-0.15, -0.1) is 0 Å². The molecule has 6 rings (SSSR count). The van der Waals surface area contributed by atoms with Crippen LogP contribution in [0.5, 0.6) is 0 Å². The number of hydrogen-bond donors (Lipinski definition) is 1. The molecule has 3 fully saturated rings. The molecule has 0 atom stereocenters. The van der Waals surface area contributed by atoms with E-state index in [1.165, 1.54) is 30.3 Å². The molecule has 0 aromatic heterocycles. The van der Waals surface area contributed by atoms with Crippen molar-refractivity contribution >= 4 is 60.5 Å². The normalized spacial score (nSPS) is 17.2. The summed E-state index contributed by atoms with van der Waals surface area (Å²) in [4.78, 5) is 31.5. The Bertz CT molecular complexity index is 1710. The zero-order valence-electron chi connectivity index (χ0n) is 27.1. The van der Waals surface area contributed by atoms with Gasteiger partial charge in [-0.2, -0.15) is 26.3 Å². The van der Waals surface area contributed by atoms with Gasteiger partial charge in [0.1, 0.15) is 0 Å². The summed E-state index contributed by atoms with van der Waals surface area (Å²) < 4.78 is 83.9. The molecule has 0 aliphatic carbocycles. The molecule has 3 aromatic rings. The number of alkyl halides is 6. The average molecular weight is 852 g/mol. The zero-order chi connectivity index (χ0) is 36.9. The first kappa shape index (κ1) is 38.6. The van der Waals surface area contributed by atoms with Crippen LogP contribution in [0.3, 0.4) is 0 Å². The first-order chi connectivity index (χ1) is 24.1. The summed E-state index contributed by atoms with van der Waals surface area (Å²) in [6, 6.07) is 11.5. The smallest absolute Gasteiger partial charge is 0.378 e. The minimum Gasteiger partial charge on any atom is -0.378 e. The summed E-state index contributed by atoms with van der Waals surface area (Å²) in [5.74, 6) is -0.340. The topological polar surface area (TPSA) is 94.4 Å². The van der Waals surface area contributed by atoms with E-state index in [9.17, 15) is 41.3 Å². The van der Waals surface area contributed by atoms with E-state index in [0.717, 1.165) is 44.4 Å². The number of nitro benzene ring substituents is 1. The van der Waals surface area contributed by atoms with Crippen LogP contribution >= 0.6 is 31.9 Å². The number of ether oxygens (including phenoxy) is 1. The fourth-order valence-electron chi connectivity index (χ4n) is 5.98. The number of nitro groups is 1. The van der Waals surface area contributed by atoms with Gasteiger partial charge in [0, 0.05) is 86.5 Å². The lowest BCUT2D eigenvalue weighted by Gasteiger charge is -2.37. The molecule has 18 heteroatoms. The lowest BCUT2D eigenvalue weighted by atomic mass is 10.1. The lowest BCUT2D eigenvalue weighted by molar-refractivity contribution is -0.384. The van der Waals surface area contributed by atoms with Crippen molar-refractivity contribution in [2.45, 2.75) is 12.4 Å². The number of hydrogen-bond acceptors (Lipinski definition) is 8. The van der Waals surface area contributed by atoms with Gasteiger partial charge in [0.15, 0.2) is 0 Å². The number of carbonyl (C=O) groups is 1. The monoisotopic (exact) mass is 850 g/mol. The van der Waals surface area contributed by atoms with Gasteiger partial charge in [-0.25, -0.2) is 0 Å². The van der Waals surface area contributed by atoms with Crippen LogP contribution in [0.2, 0.25) is 0 Å². The van der Waals surface area contributed by atoms with E-state index in [0.29, 0.717) is 65.4 Å². The Kier molecular flexibility index (Phi) is 12.4. The largest absolute Gasteiger partial charge is 0.416 e. The van der Waals surface area contributed by atoms with Crippen molar-refractivity contribution in [3.05, 3.63) is 90.3 Å². The Hall–Kier alpha value is -3.61. The minimum absolute atomic E-state index is 0.174. The fraction of sp³-hybridized carbons (Fsp3) is 0.424. The number of anilines is 3. The molecular weight excluding hydrogens is 818 g/mol. The first-order valence-corrected chi connectivity index (χ1v) is 17.6. The molecule has 51 heavy (non-hydrogen) atoms. The Morgan fingerprint density at radius 2 is 1.18 bits per heavy atom. The number of carbonyl (C=O) groups excluding carboxylic acids is 1. The number of non-ortho nitro benzene ring substituents is 1. The first-order valence-electron chi connectivity index (χ1n) is 16.0. The number of nitrogens with one attached hydrogen (secondary N) is 1. The van der Waals surface area contributed by atoms with Gasteiger partial charge in [-0.3, -0.25) is 14.9 Å². The minimum atomic E-state index is -4.45. The molecule has 1 N–H and O–H groups in total. The molecule has 276 valence electrons. The highest BCUT2D eigenvalue weighted by Gasteiger charge is 2.34. The molecule has 3 aliphatic heterocycles. The van der Waals surface area contributed by atoms with Crippen LogP contribution in [0.25, 0.3) is 0 Å². The van der Waals surface area contributed by atoms with Crippen LogP contribution in [0.1, 0.15) is 21.5 Å². The second-order valence-corrected chi connectivity index (χ2v) is 13.6. The highest BCUT2D eigenvalue weighted by molar-refractivity contribution is 9.11. The summed E-state index contributed by atoms with van der Waals surface area (Å²) in [6.45, 7) is 6.35. The third-order valence-corrected chi connectivity index (χ3v) is 10.0. The van der Waals surface area contributed by atoms with Crippen molar-refractivity contribution < 1.29 is 40.8 Å². The van der Waals surface area contributed by atoms with Crippen LogP contribution < -0.4 is 20.0 Å². The van der Waals surface area contributed by atoms with Crippen molar-refractivity contribution in [1.82, 2.24) is 10.2 Å². The molecule has 0 saturated carbocycles. The molecular formula is C33H34Br2F6N6O4. The third-order valence-electron chi connectivity index (χ3n) is 8.69. The highest BCUT2D eigenvalue weighted by atomic mass is 79.9. The van der Waals surface area contributed by atoms with Crippen molar-refractivity contribution in [1.29, 1.82) is 0 Å². The molecule has 3 aliphatic rings. The maximum Gasteiger partial charge on any atom is 0.416 e. The van der Waals surface area contributed by atoms with Gasteiger partial charge in [0.2, 0.25) is 0 Å². The number of rotatable bonds is 5. The van der Waals surface area contributed by atoms with Crippen LogP contribution in [0.15, 0.2) is 63.5 Å². The van der Waals surface area contributed by atoms with E-state index in [-0.39, 0.29) is 30.2 Å². The van der Waals surface area contributed by atoms with E-state index >= 15 is 0 Å². The number of nitrogens with zero attached hydrogens (tertiary/aromatic N) is 5. The van der Waals surface area contributed by atoms with Crippen LogP contribution in [0, 0.1) is 10.1 Å². The van der Waals surface area contributed by atoms with Gasteiger partial charge in [0.05, 0.1) is 51.9 Å². The van der Waals surface area contributed by atoms with E-state index < -0.39 is 28.4 Å². The molecule has 1 amide bonds. The van der Waals surface area contributed by atoms with Crippen molar-refractivity contribution in [2.75, 3.05) is 93.4 Å². The van der Waals surface area contributed by atoms with Gasteiger partial charge in [-0.1, -0.05) is 0 Å². The van der Waals surface area contributed by atoms with E-state index in [4.69, 9.17) is 4.74 Å². The summed E-state index contributed by atoms with van der Waals surface area (Å²) >= 11 is 6.62. The molecule has 10 nitrogen and oxygen atoms in total. The molecule has 3 saturated heterocycles. The predicted molar refractivity (Wildman–Crippen MR) is 188 cm³/mol. The Morgan fingerprint density at radius 1 is 0.686 bits per heavy atom. The highest BCUT2D eigenvalue weighted by Crippen LogP contribution is 2.37. The summed E-state index contributed by atoms with van der Waals surface area (Å²) in [5, 5.41) is 14.5. The number of halogens is 8. The number of piperazine rings is 2. The Morgan fingerprint density at radius 3 is 1.67 bits per heavy atom. The van der Waals surface area contributed by atoms with E-state index in [2.05, 4.69) is 37.2 Å². The molecule has 0 radical (unpaired) electrons. The predicted octanol–water partition coefficient (Wildman–Crippen LogP) is 7.05. The maximum absolute atomic E-state index is 13.4. The molecule has 0 unspecified atom stereocenters. The summed E-state index contributed by atoms with van der Waals surface area (Å²) in [5.41, 5.74) is 0.358. The molecule has 0 bridgehead atoms.